The van der Waals surface area contributed by atoms with E-state index in [2.05, 4.69) is 4.72 Å². The molecule has 0 aliphatic carbocycles. The molecule has 0 aromatic heterocycles. The molecule has 0 radical (unpaired) electrons. The van der Waals surface area contributed by atoms with Crippen LogP contribution in [0.4, 0.5) is 13.2 Å². The van der Waals surface area contributed by atoms with Crippen LogP contribution in [-0.2, 0) is 27.6 Å². The Kier molecular flexibility index (Phi) is 6.02. The second kappa shape index (κ2) is 8.00. The van der Waals surface area contributed by atoms with Crippen LogP contribution in [0.2, 0.25) is 5.02 Å². The van der Waals surface area contributed by atoms with Crippen molar-refractivity contribution in [3.63, 3.8) is 0 Å². The number of nitrogens with one attached hydrogen (secondary N) is 1. The number of halogens is 4. The molecule has 2 atom stereocenters. The van der Waals surface area contributed by atoms with Gasteiger partial charge in [0.1, 0.15) is 5.25 Å². The molecule has 152 valence electrons. The van der Waals surface area contributed by atoms with Gasteiger partial charge in [0.05, 0.1) is 18.2 Å². The summed E-state index contributed by atoms with van der Waals surface area (Å²) in [5, 5.41) is 1.05. The Morgan fingerprint density at radius 1 is 1.21 bits per heavy atom. The van der Waals surface area contributed by atoms with E-state index in [9.17, 15) is 21.6 Å². The predicted octanol–water partition coefficient (Wildman–Crippen LogP) is 3.77. The van der Waals surface area contributed by atoms with Gasteiger partial charge in [0.2, 0.25) is 10.0 Å². The number of nitrogens with zero attached hydrogens (tertiary/aromatic N) is 1. The lowest BCUT2D eigenvalue weighted by Gasteiger charge is -2.23. The molecule has 0 spiro atoms. The molecule has 0 bridgehead atoms. The van der Waals surface area contributed by atoms with Crippen LogP contribution in [0.15, 0.2) is 48.5 Å². The molecular weight excluding hydrogens is 417 g/mol. The average Bonchev–Trinajstić information content (AvgIpc) is 3.03. The monoisotopic (exact) mass is 434 g/mol. The van der Waals surface area contributed by atoms with Gasteiger partial charge in [-0.3, -0.25) is 4.84 Å². The largest absolute Gasteiger partial charge is 0.416 e. The standard InChI is InChI=1S/C18H18ClF3N2O3S/c1-24-17(13-5-7-15(19)8-6-13)16(11-27-24)28(25,26)23-10-12-3-2-4-14(9-12)18(20,21)22/h2-9,16-17,23H,10-11H2,1H3. The third kappa shape index (κ3) is 4.66. The zero-order chi connectivity index (χ0) is 20.5. The molecule has 10 heteroatoms. The number of sulfonamides is 1. The highest BCUT2D eigenvalue weighted by molar-refractivity contribution is 7.90. The Hall–Kier alpha value is -1.65. The Morgan fingerprint density at radius 2 is 1.89 bits per heavy atom. The van der Waals surface area contributed by atoms with Gasteiger partial charge in [-0.1, -0.05) is 41.9 Å². The zero-order valence-electron chi connectivity index (χ0n) is 14.8. The van der Waals surface area contributed by atoms with Crippen molar-refractivity contribution in [2.24, 2.45) is 0 Å². The predicted molar refractivity (Wildman–Crippen MR) is 98.9 cm³/mol. The highest BCUT2D eigenvalue weighted by Crippen LogP contribution is 2.34. The number of alkyl halides is 3. The van der Waals surface area contributed by atoms with Gasteiger partial charge in [0.15, 0.2) is 0 Å². The van der Waals surface area contributed by atoms with Crippen molar-refractivity contribution in [3.8, 4) is 0 Å². The SMILES string of the molecule is CN1OCC(S(=O)(=O)NCc2cccc(C(F)(F)F)c2)C1c1ccc(Cl)cc1. The molecule has 1 N–H and O–H groups in total. The van der Waals surface area contributed by atoms with E-state index in [1.165, 1.54) is 17.2 Å². The smallest absolute Gasteiger partial charge is 0.297 e. The van der Waals surface area contributed by atoms with E-state index in [0.29, 0.717) is 10.6 Å². The number of rotatable bonds is 5. The summed E-state index contributed by atoms with van der Waals surface area (Å²) in [7, 11) is -2.25. The van der Waals surface area contributed by atoms with Crippen LogP contribution in [0.5, 0.6) is 0 Å². The molecule has 1 heterocycles. The molecule has 1 fully saturated rings. The Bertz CT molecular complexity index is 936. The molecule has 1 saturated heterocycles. The summed E-state index contributed by atoms with van der Waals surface area (Å²) in [5.41, 5.74) is 0.0970. The second-order valence-corrected chi connectivity index (χ2v) is 8.86. The Labute approximate surface area is 166 Å². The van der Waals surface area contributed by atoms with Crippen molar-refractivity contribution in [2.45, 2.75) is 24.0 Å². The van der Waals surface area contributed by atoms with Crippen molar-refractivity contribution >= 4 is 21.6 Å². The number of hydrogen-bond donors (Lipinski definition) is 1. The average molecular weight is 435 g/mol. The van der Waals surface area contributed by atoms with Crippen molar-refractivity contribution in [2.75, 3.05) is 13.7 Å². The molecule has 2 aromatic rings. The summed E-state index contributed by atoms with van der Waals surface area (Å²) >= 11 is 5.89. The highest BCUT2D eigenvalue weighted by Gasteiger charge is 2.43. The fourth-order valence-corrected chi connectivity index (χ4v) is 4.70. The maximum Gasteiger partial charge on any atom is 0.416 e. The van der Waals surface area contributed by atoms with Crippen LogP contribution in [0.1, 0.15) is 22.7 Å². The summed E-state index contributed by atoms with van der Waals surface area (Å²) < 4.78 is 66.5. The molecule has 0 amide bonds. The minimum Gasteiger partial charge on any atom is -0.297 e. The van der Waals surface area contributed by atoms with Gasteiger partial charge >= 0.3 is 6.18 Å². The van der Waals surface area contributed by atoms with Crippen LogP contribution in [0, 0.1) is 0 Å². The van der Waals surface area contributed by atoms with E-state index in [4.69, 9.17) is 16.4 Å². The fourth-order valence-electron chi connectivity index (χ4n) is 3.09. The van der Waals surface area contributed by atoms with Crippen LogP contribution in [0.3, 0.4) is 0 Å². The molecule has 3 rings (SSSR count). The molecule has 2 aromatic carbocycles. The van der Waals surface area contributed by atoms with Gasteiger partial charge in [-0.2, -0.15) is 18.2 Å². The van der Waals surface area contributed by atoms with E-state index in [1.54, 1.807) is 31.3 Å². The Balaban J connectivity index is 1.77. The normalized spacial score (nSPS) is 21.2. The van der Waals surface area contributed by atoms with Crippen LogP contribution < -0.4 is 4.72 Å². The third-order valence-corrected chi connectivity index (χ3v) is 6.52. The fraction of sp³-hybridized carbons (Fsp3) is 0.333. The lowest BCUT2D eigenvalue weighted by atomic mass is 10.0. The van der Waals surface area contributed by atoms with Crippen LogP contribution in [-0.4, -0.2) is 32.4 Å². The first kappa shape index (κ1) is 21.1. The minimum absolute atomic E-state index is 0.0677. The maximum absolute atomic E-state index is 12.8. The number of benzene rings is 2. The third-order valence-electron chi connectivity index (χ3n) is 4.53. The van der Waals surface area contributed by atoms with Crippen molar-refractivity contribution < 1.29 is 26.4 Å². The van der Waals surface area contributed by atoms with Gasteiger partial charge in [-0.15, -0.1) is 0 Å². The molecule has 0 saturated carbocycles. The van der Waals surface area contributed by atoms with Crippen molar-refractivity contribution in [1.29, 1.82) is 0 Å². The van der Waals surface area contributed by atoms with Crippen LogP contribution >= 0.6 is 11.6 Å². The zero-order valence-corrected chi connectivity index (χ0v) is 16.4. The topological polar surface area (TPSA) is 58.6 Å². The summed E-state index contributed by atoms with van der Waals surface area (Å²) in [6, 6.07) is 10.7. The number of hydroxylamine groups is 2. The summed E-state index contributed by atoms with van der Waals surface area (Å²) in [5.74, 6) is 0. The van der Waals surface area contributed by atoms with E-state index in [1.807, 2.05) is 0 Å². The van der Waals surface area contributed by atoms with E-state index < -0.39 is 33.1 Å². The summed E-state index contributed by atoms with van der Waals surface area (Å²) in [6.07, 6.45) is -4.49. The van der Waals surface area contributed by atoms with Crippen molar-refractivity contribution in [3.05, 3.63) is 70.2 Å². The summed E-state index contributed by atoms with van der Waals surface area (Å²) in [4.78, 5) is 5.40. The van der Waals surface area contributed by atoms with Gasteiger partial charge in [0.25, 0.3) is 0 Å². The molecule has 28 heavy (non-hydrogen) atoms. The first-order chi connectivity index (χ1) is 13.1. The van der Waals surface area contributed by atoms with Gasteiger partial charge < -0.3 is 0 Å². The van der Waals surface area contributed by atoms with E-state index in [0.717, 1.165) is 12.1 Å². The summed E-state index contributed by atoms with van der Waals surface area (Å²) in [6.45, 7) is -0.318. The molecule has 1 aliphatic rings. The molecule has 2 unspecified atom stereocenters. The quantitative estimate of drug-likeness (QED) is 0.778. The van der Waals surface area contributed by atoms with E-state index >= 15 is 0 Å². The van der Waals surface area contributed by atoms with E-state index in [-0.39, 0.29) is 18.7 Å². The second-order valence-electron chi connectivity index (χ2n) is 6.44. The first-order valence-electron chi connectivity index (χ1n) is 8.34. The first-order valence-corrected chi connectivity index (χ1v) is 10.3. The molecular formula is C18H18ClF3N2O3S. The van der Waals surface area contributed by atoms with Gasteiger partial charge in [-0.05, 0) is 29.3 Å². The molecule has 1 aliphatic heterocycles. The lowest BCUT2D eigenvalue weighted by Crippen LogP contribution is -2.39. The Morgan fingerprint density at radius 3 is 2.54 bits per heavy atom. The maximum atomic E-state index is 12.8. The molecule has 5 nitrogen and oxygen atoms in total. The van der Waals surface area contributed by atoms with Crippen molar-refractivity contribution in [1.82, 2.24) is 9.79 Å². The van der Waals surface area contributed by atoms with Crippen LogP contribution in [0.25, 0.3) is 0 Å². The highest BCUT2D eigenvalue weighted by atomic mass is 35.5. The minimum atomic E-state index is -4.49. The lowest BCUT2D eigenvalue weighted by molar-refractivity contribution is -0.137. The van der Waals surface area contributed by atoms with Gasteiger partial charge in [0, 0.05) is 18.6 Å². The van der Waals surface area contributed by atoms with Gasteiger partial charge in [-0.25, -0.2) is 13.1 Å². The number of hydrogen-bond acceptors (Lipinski definition) is 4.